The summed E-state index contributed by atoms with van der Waals surface area (Å²) in [6.45, 7) is 3.12. The number of piperidine rings is 1. The molecule has 2 heterocycles. The first-order chi connectivity index (χ1) is 9.59. The Morgan fingerprint density at radius 3 is 2.70 bits per heavy atom. The molecule has 1 N–H and O–H groups in total. The Morgan fingerprint density at radius 1 is 1.35 bits per heavy atom. The van der Waals surface area contributed by atoms with Crippen LogP contribution in [0.25, 0.3) is 0 Å². The Kier molecular flexibility index (Phi) is 4.55. The molecule has 1 aliphatic rings. The minimum atomic E-state index is -1.10. The number of carboxylic acids is 1. The van der Waals surface area contributed by atoms with Crippen LogP contribution in [0, 0.1) is 0 Å². The molecule has 6 nitrogen and oxygen atoms in total. The monoisotopic (exact) mass is 278 g/mol. The molecular weight excluding hydrogens is 260 g/mol. The third-order valence-corrected chi connectivity index (χ3v) is 3.33. The van der Waals surface area contributed by atoms with Gasteiger partial charge >= 0.3 is 5.97 Å². The van der Waals surface area contributed by atoms with Crippen LogP contribution in [0.3, 0.4) is 0 Å². The van der Waals surface area contributed by atoms with Gasteiger partial charge in [-0.15, -0.1) is 0 Å². The number of likely N-dealkylation sites (tertiary alicyclic amines) is 1. The Bertz CT molecular complexity index is 498. The first kappa shape index (κ1) is 14.3. The number of aromatic carboxylic acids is 1. The maximum atomic E-state index is 12.2. The van der Waals surface area contributed by atoms with Gasteiger partial charge in [-0.05, 0) is 32.3 Å². The number of nitrogens with zero attached hydrogens (tertiary/aromatic N) is 2. The second kappa shape index (κ2) is 6.36. The fourth-order valence-corrected chi connectivity index (χ4v) is 2.26. The van der Waals surface area contributed by atoms with Crippen LogP contribution in [0.15, 0.2) is 18.5 Å². The van der Waals surface area contributed by atoms with E-state index in [1.807, 2.05) is 0 Å². The Morgan fingerprint density at radius 2 is 2.05 bits per heavy atom. The molecular formula is C14H18N2O4. The lowest BCUT2D eigenvalue weighted by Gasteiger charge is -2.29. The number of carbonyl (C=O) groups is 2. The molecule has 6 heteroatoms. The summed E-state index contributed by atoms with van der Waals surface area (Å²) in [5, 5.41) is 9.06. The quantitative estimate of drug-likeness (QED) is 0.904. The van der Waals surface area contributed by atoms with E-state index in [4.69, 9.17) is 9.84 Å². The SMILES string of the molecule is CC(Oc1cnccc1C(=O)O)C(=O)N1CCCCC1. The van der Waals surface area contributed by atoms with E-state index in [1.54, 1.807) is 11.8 Å². The van der Waals surface area contributed by atoms with Crippen molar-refractivity contribution in [2.24, 2.45) is 0 Å². The lowest BCUT2D eigenvalue weighted by molar-refractivity contribution is -0.138. The minimum Gasteiger partial charge on any atom is -0.478 e. The van der Waals surface area contributed by atoms with Crippen LogP contribution in [0.2, 0.25) is 0 Å². The molecule has 0 saturated carbocycles. The van der Waals surface area contributed by atoms with Crippen LogP contribution >= 0.6 is 0 Å². The summed E-state index contributed by atoms with van der Waals surface area (Å²) in [4.78, 5) is 28.9. The summed E-state index contributed by atoms with van der Waals surface area (Å²) in [6.07, 6.45) is 5.15. The topological polar surface area (TPSA) is 79.7 Å². The highest BCUT2D eigenvalue weighted by atomic mass is 16.5. The number of ether oxygens (including phenoxy) is 1. The molecule has 2 rings (SSSR count). The third kappa shape index (κ3) is 3.26. The van der Waals surface area contributed by atoms with E-state index in [-0.39, 0.29) is 17.2 Å². The molecule has 1 aliphatic heterocycles. The van der Waals surface area contributed by atoms with Gasteiger partial charge in [0.1, 0.15) is 5.56 Å². The summed E-state index contributed by atoms with van der Waals surface area (Å²) >= 11 is 0. The Hall–Kier alpha value is -2.11. The number of amides is 1. The van der Waals surface area contributed by atoms with Crippen molar-refractivity contribution in [2.45, 2.75) is 32.3 Å². The maximum Gasteiger partial charge on any atom is 0.339 e. The van der Waals surface area contributed by atoms with Crippen molar-refractivity contribution in [3.05, 3.63) is 24.0 Å². The van der Waals surface area contributed by atoms with E-state index < -0.39 is 12.1 Å². The van der Waals surface area contributed by atoms with Crippen molar-refractivity contribution in [3.8, 4) is 5.75 Å². The molecule has 0 aromatic carbocycles. The van der Waals surface area contributed by atoms with Crippen molar-refractivity contribution in [1.82, 2.24) is 9.88 Å². The predicted molar refractivity (Wildman–Crippen MR) is 71.7 cm³/mol. The number of carboxylic acid groups (broad SMARTS) is 1. The molecule has 1 amide bonds. The van der Waals surface area contributed by atoms with Crippen LogP contribution in [0.5, 0.6) is 5.75 Å². The van der Waals surface area contributed by atoms with E-state index in [2.05, 4.69) is 4.98 Å². The van der Waals surface area contributed by atoms with Gasteiger partial charge in [0.15, 0.2) is 11.9 Å². The maximum absolute atomic E-state index is 12.2. The van der Waals surface area contributed by atoms with E-state index in [1.165, 1.54) is 18.5 Å². The molecule has 1 aromatic rings. The fourth-order valence-electron chi connectivity index (χ4n) is 2.26. The molecule has 1 aromatic heterocycles. The van der Waals surface area contributed by atoms with E-state index in [9.17, 15) is 9.59 Å². The molecule has 1 fully saturated rings. The highest BCUT2D eigenvalue weighted by Crippen LogP contribution is 2.19. The minimum absolute atomic E-state index is 0.0123. The molecule has 1 atom stereocenters. The van der Waals surface area contributed by atoms with Gasteiger partial charge in [-0.2, -0.15) is 0 Å². The van der Waals surface area contributed by atoms with Crippen LogP contribution in [-0.2, 0) is 4.79 Å². The van der Waals surface area contributed by atoms with Gasteiger partial charge in [-0.25, -0.2) is 4.79 Å². The second-order valence-electron chi connectivity index (χ2n) is 4.82. The lowest BCUT2D eigenvalue weighted by Crippen LogP contribution is -2.43. The standard InChI is InChI=1S/C14H18N2O4/c1-10(13(17)16-7-3-2-4-8-16)20-12-9-15-6-5-11(12)14(18)19/h5-6,9-10H,2-4,7-8H2,1H3,(H,18,19). The van der Waals surface area contributed by atoms with Crippen LogP contribution < -0.4 is 4.74 Å². The van der Waals surface area contributed by atoms with Crippen molar-refractivity contribution in [1.29, 1.82) is 0 Å². The van der Waals surface area contributed by atoms with Gasteiger partial charge in [-0.1, -0.05) is 0 Å². The number of carbonyl (C=O) groups excluding carboxylic acids is 1. The number of pyridine rings is 1. The average molecular weight is 278 g/mol. The Balaban J connectivity index is 2.05. The van der Waals surface area contributed by atoms with Gasteiger partial charge in [-0.3, -0.25) is 9.78 Å². The largest absolute Gasteiger partial charge is 0.478 e. The molecule has 0 radical (unpaired) electrons. The van der Waals surface area contributed by atoms with Crippen LogP contribution in [0.1, 0.15) is 36.5 Å². The summed E-state index contributed by atoms with van der Waals surface area (Å²) in [7, 11) is 0. The molecule has 20 heavy (non-hydrogen) atoms. The highest BCUT2D eigenvalue weighted by Gasteiger charge is 2.24. The first-order valence-corrected chi connectivity index (χ1v) is 6.72. The molecule has 0 spiro atoms. The van der Waals surface area contributed by atoms with E-state index >= 15 is 0 Å². The van der Waals surface area contributed by atoms with Gasteiger partial charge in [0.25, 0.3) is 5.91 Å². The Labute approximate surface area is 117 Å². The van der Waals surface area contributed by atoms with Crippen LogP contribution in [0.4, 0.5) is 0 Å². The van der Waals surface area contributed by atoms with E-state index in [0.29, 0.717) is 0 Å². The zero-order valence-electron chi connectivity index (χ0n) is 11.4. The normalized spacial score (nSPS) is 16.6. The summed E-state index contributed by atoms with van der Waals surface area (Å²) in [5.74, 6) is -1.08. The summed E-state index contributed by atoms with van der Waals surface area (Å²) in [6, 6.07) is 1.36. The van der Waals surface area contributed by atoms with Crippen molar-refractivity contribution in [3.63, 3.8) is 0 Å². The first-order valence-electron chi connectivity index (χ1n) is 6.72. The molecule has 0 bridgehead atoms. The second-order valence-corrected chi connectivity index (χ2v) is 4.82. The van der Waals surface area contributed by atoms with Gasteiger partial charge in [0.2, 0.25) is 0 Å². The van der Waals surface area contributed by atoms with E-state index in [0.717, 1.165) is 32.4 Å². The number of rotatable bonds is 4. The lowest BCUT2D eigenvalue weighted by atomic mass is 10.1. The van der Waals surface area contributed by atoms with Crippen molar-refractivity contribution < 1.29 is 19.4 Å². The number of hydrogen-bond acceptors (Lipinski definition) is 4. The third-order valence-electron chi connectivity index (χ3n) is 3.33. The van der Waals surface area contributed by atoms with Gasteiger partial charge in [0, 0.05) is 19.3 Å². The summed E-state index contributed by atoms with van der Waals surface area (Å²) < 4.78 is 5.49. The summed E-state index contributed by atoms with van der Waals surface area (Å²) in [5.41, 5.74) is 0.0123. The van der Waals surface area contributed by atoms with Crippen molar-refractivity contribution in [2.75, 3.05) is 13.1 Å². The van der Waals surface area contributed by atoms with Gasteiger partial charge < -0.3 is 14.7 Å². The number of hydrogen-bond donors (Lipinski definition) is 1. The smallest absolute Gasteiger partial charge is 0.339 e. The van der Waals surface area contributed by atoms with Gasteiger partial charge in [0.05, 0.1) is 6.20 Å². The molecule has 1 unspecified atom stereocenters. The number of aromatic nitrogens is 1. The molecule has 1 saturated heterocycles. The average Bonchev–Trinajstić information content (AvgIpc) is 2.47. The molecule has 108 valence electrons. The highest BCUT2D eigenvalue weighted by molar-refractivity contribution is 5.91. The molecule has 0 aliphatic carbocycles. The fraction of sp³-hybridized carbons (Fsp3) is 0.500. The predicted octanol–water partition coefficient (Wildman–Crippen LogP) is 1.56. The zero-order chi connectivity index (χ0) is 14.5. The van der Waals surface area contributed by atoms with Crippen LogP contribution in [-0.4, -0.2) is 46.1 Å². The van der Waals surface area contributed by atoms with Crippen molar-refractivity contribution >= 4 is 11.9 Å². The zero-order valence-corrected chi connectivity index (χ0v) is 11.4.